The van der Waals surface area contributed by atoms with E-state index < -0.39 is 16.5 Å². The number of imide groups is 1. The van der Waals surface area contributed by atoms with Crippen LogP contribution in [0.4, 0.5) is 4.79 Å². The fourth-order valence-electron chi connectivity index (χ4n) is 4.06. The van der Waals surface area contributed by atoms with Gasteiger partial charge in [-0.25, -0.2) is 4.79 Å². The van der Waals surface area contributed by atoms with Crippen molar-refractivity contribution in [2.24, 2.45) is 5.92 Å². The van der Waals surface area contributed by atoms with E-state index in [4.69, 9.17) is 4.74 Å². The summed E-state index contributed by atoms with van der Waals surface area (Å²) in [5, 5.41) is 9.98. The van der Waals surface area contributed by atoms with E-state index >= 15 is 0 Å². The Balaban J connectivity index is 1.66. The van der Waals surface area contributed by atoms with Crippen molar-refractivity contribution >= 4 is 40.6 Å². The normalized spacial score (nSPS) is 23.5. The van der Waals surface area contributed by atoms with Crippen LogP contribution in [0.5, 0.6) is 5.75 Å². The molecule has 0 spiro atoms. The second-order valence-corrected chi connectivity index (χ2v) is 10.4. The van der Waals surface area contributed by atoms with Crippen LogP contribution >= 0.6 is 23.5 Å². The second-order valence-electron chi connectivity index (χ2n) is 8.04. The molecule has 1 aliphatic rings. The van der Waals surface area contributed by atoms with Crippen molar-refractivity contribution in [2.75, 3.05) is 19.4 Å². The van der Waals surface area contributed by atoms with Gasteiger partial charge in [0.25, 0.3) is 0 Å². The fourth-order valence-corrected chi connectivity index (χ4v) is 6.29. The van der Waals surface area contributed by atoms with Gasteiger partial charge in [-0.05, 0) is 50.2 Å². The number of nitrogens with zero attached hydrogens (tertiary/aromatic N) is 1. The number of quaternary nitrogens is 1. The first-order valence-corrected chi connectivity index (χ1v) is 12.3. The lowest BCUT2D eigenvalue weighted by Gasteiger charge is -2.31. The summed E-state index contributed by atoms with van der Waals surface area (Å²) in [5.74, 6) is -0.00781. The van der Waals surface area contributed by atoms with Gasteiger partial charge in [-0.3, -0.25) is 4.79 Å². The molecule has 170 valence electrons. The predicted molar refractivity (Wildman–Crippen MR) is 127 cm³/mol. The van der Waals surface area contributed by atoms with Crippen LogP contribution in [0.15, 0.2) is 59.5 Å². The highest BCUT2D eigenvalue weighted by Crippen LogP contribution is 2.39. The molecule has 3 rings (SSSR count). The first-order chi connectivity index (χ1) is 15.3. The van der Waals surface area contributed by atoms with Crippen molar-refractivity contribution in [3.05, 3.63) is 60.2 Å². The van der Waals surface area contributed by atoms with Gasteiger partial charge in [0.1, 0.15) is 18.3 Å². The fraction of sp³-hybridized carbons (Fsp3) is 0.375. The van der Waals surface area contributed by atoms with Gasteiger partial charge in [-0.2, -0.15) is 9.28 Å². The number of ether oxygens (including phenoxy) is 1. The van der Waals surface area contributed by atoms with Gasteiger partial charge in [0, 0.05) is 22.6 Å². The Kier molecular flexibility index (Phi) is 8.03. The first-order valence-electron chi connectivity index (χ1n) is 10.5. The molecule has 1 heterocycles. The molecule has 8 heteroatoms. The minimum atomic E-state index is -1.11. The average Bonchev–Trinajstić information content (AvgIpc) is 3.14. The zero-order valence-electron chi connectivity index (χ0n) is 18.4. The average molecular weight is 475 g/mol. The summed E-state index contributed by atoms with van der Waals surface area (Å²) in [7, 11) is 1.56. The Morgan fingerprint density at radius 3 is 2.38 bits per heavy atom. The van der Waals surface area contributed by atoms with E-state index in [1.165, 1.54) is 0 Å². The minimum absolute atomic E-state index is 0.0354. The number of hydrogen-bond donors (Lipinski definition) is 1. The number of amides is 2. The van der Waals surface area contributed by atoms with Crippen molar-refractivity contribution in [3.8, 4) is 5.75 Å². The van der Waals surface area contributed by atoms with Crippen LogP contribution in [0.25, 0.3) is 0 Å². The molecule has 6 nitrogen and oxygen atoms in total. The van der Waals surface area contributed by atoms with Crippen LogP contribution in [0.1, 0.15) is 30.6 Å². The molecule has 0 saturated carbocycles. The van der Waals surface area contributed by atoms with Gasteiger partial charge in [-0.15, -0.1) is 11.8 Å². The number of carbonyl (C=O) groups excluding carboxylic acids is 2. The minimum Gasteiger partial charge on any atom is -0.497 e. The molecule has 2 aromatic rings. The Morgan fingerprint density at radius 2 is 1.78 bits per heavy atom. The molecule has 1 fully saturated rings. The number of likely N-dealkylation sites (tertiary alicyclic amines) is 1. The van der Waals surface area contributed by atoms with E-state index in [1.54, 1.807) is 50.1 Å². The Morgan fingerprint density at radius 1 is 1.12 bits per heavy atom. The maximum absolute atomic E-state index is 13.4. The molecule has 1 saturated heterocycles. The number of carbonyl (C=O) groups is 3. The van der Waals surface area contributed by atoms with E-state index in [-0.39, 0.29) is 34.6 Å². The summed E-state index contributed by atoms with van der Waals surface area (Å²) in [6.07, 6.45) is -0.473. The molecule has 0 aliphatic carbocycles. The molecular formula is C24H28NO5S2+. The van der Waals surface area contributed by atoms with Crippen molar-refractivity contribution in [3.63, 3.8) is 0 Å². The van der Waals surface area contributed by atoms with Gasteiger partial charge in [0.2, 0.25) is 5.12 Å². The number of hydrogen-bond acceptors (Lipinski definition) is 6. The Bertz CT molecular complexity index is 966. The first kappa shape index (κ1) is 24.4. The predicted octanol–water partition coefficient (Wildman–Crippen LogP) is 5.18. The van der Waals surface area contributed by atoms with Gasteiger partial charge in [-0.1, -0.05) is 30.0 Å². The van der Waals surface area contributed by atoms with Crippen LogP contribution in [0.2, 0.25) is 0 Å². The van der Waals surface area contributed by atoms with Crippen LogP contribution in [0, 0.1) is 5.92 Å². The lowest BCUT2D eigenvalue weighted by molar-refractivity contribution is -0.793. The highest BCUT2D eigenvalue weighted by atomic mass is 32.2. The van der Waals surface area contributed by atoms with Crippen LogP contribution < -0.4 is 4.74 Å². The zero-order valence-corrected chi connectivity index (χ0v) is 20.0. The SMILES string of the molecule is COc1ccc(C(=O)SCC(C)C(=O)[N@@+]2(C(=O)O)C[C@H](Sc3ccccc3)C[C@H]2C)cc1. The number of benzene rings is 2. The van der Waals surface area contributed by atoms with Gasteiger partial charge < -0.3 is 9.84 Å². The number of rotatable bonds is 7. The third-order valence-corrected chi connectivity index (χ3v) is 8.22. The molecule has 0 radical (unpaired) electrons. The lowest BCUT2D eigenvalue weighted by atomic mass is 10.1. The van der Waals surface area contributed by atoms with E-state index in [2.05, 4.69) is 0 Å². The van der Waals surface area contributed by atoms with E-state index in [9.17, 15) is 19.5 Å². The highest BCUT2D eigenvalue weighted by Gasteiger charge is 2.57. The molecule has 2 amide bonds. The molecule has 0 bridgehead atoms. The molecule has 4 atom stereocenters. The van der Waals surface area contributed by atoms with Crippen LogP contribution in [-0.2, 0) is 4.79 Å². The van der Waals surface area contributed by atoms with Crippen molar-refractivity contribution in [2.45, 2.75) is 36.5 Å². The standard InChI is InChI=1S/C24H27NO5S2/c1-16(15-31-23(27)18-9-11-19(30-3)12-10-18)22(26)25(24(28)29)14-21(13-17(25)2)32-20-7-5-4-6-8-20/h4-12,16-17,21H,13-15H2,1-3H3/p+1/t16?,17-,21-,25-/m1/s1. The van der Waals surface area contributed by atoms with E-state index in [0.717, 1.165) is 16.7 Å². The van der Waals surface area contributed by atoms with Crippen molar-refractivity contribution in [1.82, 2.24) is 0 Å². The quantitative estimate of drug-likeness (QED) is 0.554. The second kappa shape index (κ2) is 10.6. The summed E-state index contributed by atoms with van der Waals surface area (Å²) >= 11 is 2.67. The highest BCUT2D eigenvalue weighted by molar-refractivity contribution is 8.14. The monoisotopic (exact) mass is 474 g/mol. The van der Waals surface area contributed by atoms with Crippen LogP contribution in [-0.4, -0.2) is 57.4 Å². The van der Waals surface area contributed by atoms with Crippen molar-refractivity contribution in [1.29, 1.82) is 0 Å². The summed E-state index contributed by atoms with van der Waals surface area (Å²) in [4.78, 5) is 39.3. The van der Waals surface area contributed by atoms with Gasteiger partial charge in [0.15, 0.2) is 0 Å². The molecule has 1 aliphatic heterocycles. The molecule has 32 heavy (non-hydrogen) atoms. The summed E-state index contributed by atoms with van der Waals surface area (Å²) < 4.78 is 4.52. The third kappa shape index (κ3) is 5.19. The van der Waals surface area contributed by atoms with Gasteiger partial charge >= 0.3 is 12.0 Å². The molecular weight excluding hydrogens is 446 g/mol. The summed E-state index contributed by atoms with van der Waals surface area (Å²) in [6.45, 7) is 3.79. The van der Waals surface area contributed by atoms with E-state index in [0.29, 0.717) is 17.7 Å². The molecule has 2 aromatic carbocycles. The molecule has 0 aromatic heterocycles. The molecule has 1 unspecified atom stereocenters. The molecule has 1 N–H and O–H groups in total. The smallest absolute Gasteiger partial charge is 0.497 e. The van der Waals surface area contributed by atoms with Crippen molar-refractivity contribution < 1.29 is 28.7 Å². The summed E-state index contributed by atoms with van der Waals surface area (Å²) in [5.41, 5.74) is 0.520. The Labute approximate surface area is 196 Å². The summed E-state index contributed by atoms with van der Waals surface area (Å²) in [6, 6.07) is 16.3. The zero-order chi connectivity index (χ0) is 23.3. The maximum atomic E-state index is 13.4. The largest absolute Gasteiger partial charge is 0.521 e. The maximum Gasteiger partial charge on any atom is 0.521 e. The van der Waals surface area contributed by atoms with Gasteiger partial charge in [0.05, 0.1) is 18.3 Å². The van der Waals surface area contributed by atoms with E-state index in [1.807, 2.05) is 37.3 Å². The number of methoxy groups -OCH3 is 1. The number of thioether (sulfide) groups is 2. The lowest BCUT2D eigenvalue weighted by Crippen LogP contribution is -2.61. The Hall–Kier alpha value is -2.29. The topological polar surface area (TPSA) is 80.7 Å². The van der Waals surface area contributed by atoms with Crippen LogP contribution in [0.3, 0.4) is 0 Å². The third-order valence-electron chi connectivity index (χ3n) is 5.84. The number of carboxylic acid groups (broad SMARTS) is 1.